The Morgan fingerprint density at radius 1 is 0.429 bits per heavy atom. The molecule has 0 aliphatic carbocycles. The molecule has 1 unspecified atom stereocenters. The minimum absolute atomic E-state index is 0.720. The number of hydrogen-bond donors (Lipinski definition) is 1. The molecule has 1 nitrogen and oxygen atoms in total. The monoisotopic (exact) mass is 395 g/mol. The fourth-order valence-electron chi connectivity index (χ4n) is 4.18. The second kappa shape index (κ2) is 25.0. The van der Waals surface area contributed by atoms with Crippen LogP contribution in [0.15, 0.2) is 0 Å². The SMILES string of the molecule is CCCCCCCCCCCCCCCCCCCNC(C)CCCCCC. The predicted molar refractivity (Wildman–Crippen MR) is 130 cm³/mol. The molecule has 0 amide bonds. The average Bonchev–Trinajstić information content (AvgIpc) is 2.70. The van der Waals surface area contributed by atoms with Gasteiger partial charge in [0, 0.05) is 6.04 Å². The lowest BCUT2D eigenvalue weighted by Crippen LogP contribution is -2.26. The van der Waals surface area contributed by atoms with Crippen LogP contribution in [0, 0.1) is 0 Å². The highest BCUT2D eigenvalue weighted by molar-refractivity contribution is 4.61. The van der Waals surface area contributed by atoms with Crippen molar-refractivity contribution in [3.05, 3.63) is 0 Å². The molecule has 0 aromatic rings. The molecule has 0 bridgehead atoms. The summed E-state index contributed by atoms with van der Waals surface area (Å²) >= 11 is 0. The van der Waals surface area contributed by atoms with E-state index in [0.29, 0.717) is 0 Å². The molecule has 0 aliphatic rings. The Kier molecular flexibility index (Phi) is 25.0. The summed E-state index contributed by atoms with van der Waals surface area (Å²) in [6.07, 6.45) is 31.7. The van der Waals surface area contributed by atoms with Gasteiger partial charge in [0.25, 0.3) is 0 Å². The molecule has 28 heavy (non-hydrogen) atoms. The van der Waals surface area contributed by atoms with Crippen LogP contribution in [0.4, 0.5) is 0 Å². The van der Waals surface area contributed by atoms with Gasteiger partial charge in [0.05, 0.1) is 0 Å². The molecule has 0 radical (unpaired) electrons. The van der Waals surface area contributed by atoms with E-state index in [-0.39, 0.29) is 0 Å². The van der Waals surface area contributed by atoms with Crippen LogP contribution in [-0.4, -0.2) is 12.6 Å². The molecule has 0 rings (SSSR count). The van der Waals surface area contributed by atoms with Crippen LogP contribution in [0.5, 0.6) is 0 Å². The van der Waals surface area contributed by atoms with Gasteiger partial charge in [0.2, 0.25) is 0 Å². The van der Waals surface area contributed by atoms with Crippen molar-refractivity contribution in [2.24, 2.45) is 0 Å². The van der Waals surface area contributed by atoms with Gasteiger partial charge in [-0.3, -0.25) is 0 Å². The van der Waals surface area contributed by atoms with E-state index < -0.39 is 0 Å². The second-order valence-electron chi connectivity index (χ2n) is 9.36. The van der Waals surface area contributed by atoms with Crippen molar-refractivity contribution in [1.82, 2.24) is 5.32 Å². The normalized spacial score (nSPS) is 12.5. The Hall–Kier alpha value is -0.0400. The third-order valence-corrected chi connectivity index (χ3v) is 6.26. The van der Waals surface area contributed by atoms with Crippen LogP contribution >= 0.6 is 0 Å². The summed E-state index contributed by atoms with van der Waals surface area (Å²) in [5.74, 6) is 0. The van der Waals surface area contributed by atoms with Crippen LogP contribution < -0.4 is 5.32 Å². The van der Waals surface area contributed by atoms with E-state index in [0.717, 1.165) is 6.04 Å². The highest BCUT2D eigenvalue weighted by Crippen LogP contribution is 2.14. The molecule has 0 aliphatic heterocycles. The second-order valence-corrected chi connectivity index (χ2v) is 9.36. The maximum atomic E-state index is 3.71. The van der Waals surface area contributed by atoms with Gasteiger partial charge in [-0.1, -0.05) is 142 Å². The van der Waals surface area contributed by atoms with Crippen molar-refractivity contribution in [1.29, 1.82) is 0 Å². The van der Waals surface area contributed by atoms with Crippen molar-refractivity contribution < 1.29 is 0 Å². The molecular weight excluding hydrogens is 338 g/mol. The lowest BCUT2D eigenvalue weighted by molar-refractivity contribution is 0.467. The molecule has 0 saturated heterocycles. The third-order valence-electron chi connectivity index (χ3n) is 6.26. The maximum absolute atomic E-state index is 3.71. The van der Waals surface area contributed by atoms with Gasteiger partial charge in [0.1, 0.15) is 0 Å². The first kappa shape index (κ1) is 28.0. The van der Waals surface area contributed by atoms with E-state index in [4.69, 9.17) is 0 Å². The van der Waals surface area contributed by atoms with Crippen LogP contribution in [0.2, 0.25) is 0 Å². The Morgan fingerprint density at radius 2 is 0.750 bits per heavy atom. The molecule has 1 heteroatoms. The van der Waals surface area contributed by atoms with Crippen molar-refractivity contribution in [2.75, 3.05) is 6.54 Å². The summed E-state index contributed by atoms with van der Waals surface area (Å²) in [6.45, 7) is 8.18. The first-order chi connectivity index (χ1) is 13.8. The minimum Gasteiger partial charge on any atom is -0.314 e. The number of rotatable bonds is 24. The summed E-state index contributed by atoms with van der Waals surface area (Å²) in [5.41, 5.74) is 0. The first-order valence-electron chi connectivity index (χ1n) is 13.5. The van der Waals surface area contributed by atoms with Gasteiger partial charge >= 0.3 is 0 Å². The highest BCUT2D eigenvalue weighted by Gasteiger charge is 2.00. The molecule has 0 aromatic heterocycles. The van der Waals surface area contributed by atoms with Crippen LogP contribution in [-0.2, 0) is 0 Å². The maximum Gasteiger partial charge on any atom is 0.00387 e. The third kappa shape index (κ3) is 24.0. The number of nitrogens with one attached hydrogen (secondary N) is 1. The molecule has 0 saturated carbocycles. The lowest BCUT2D eigenvalue weighted by atomic mass is 10.0. The van der Waals surface area contributed by atoms with Gasteiger partial charge in [-0.2, -0.15) is 0 Å². The molecule has 0 fully saturated rings. The van der Waals surface area contributed by atoms with Gasteiger partial charge in [0.15, 0.2) is 0 Å². The molecule has 1 atom stereocenters. The zero-order valence-electron chi connectivity index (χ0n) is 20.3. The Balaban J connectivity index is 3.06. The fourth-order valence-corrected chi connectivity index (χ4v) is 4.18. The Morgan fingerprint density at radius 3 is 1.14 bits per heavy atom. The summed E-state index contributed by atoms with van der Waals surface area (Å²) in [7, 11) is 0. The summed E-state index contributed by atoms with van der Waals surface area (Å²) in [6, 6.07) is 0.720. The quantitative estimate of drug-likeness (QED) is 0.160. The molecular formula is C27H57N. The fraction of sp³-hybridized carbons (Fsp3) is 1.00. The largest absolute Gasteiger partial charge is 0.314 e. The van der Waals surface area contributed by atoms with Gasteiger partial charge in [-0.15, -0.1) is 0 Å². The average molecular weight is 396 g/mol. The molecule has 0 heterocycles. The van der Waals surface area contributed by atoms with Crippen molar-refractivity contribution in [2.45, 2.75) is 168 Å². The zero-order valence-corrected chi connectivity index (χ0v) is 20.3. The lowest BCUT2D eigenvalue weighted by Gasteiger charge is -2.13. The highest BCUT2D eigenvalue weighted by atomic mass is 14.9. The molecule has 1 N–H and O–H groups in total. The molecule has 0 aromatic carbocycles. The molecule has 170 valence electrons. The van der Waals surface area contributed by atoms with E-state index >= 15 is 0 Å². The number of unbranched alkanes of at least 4 members (excludes halogenated alkanes) is 19. The van der Waals surface area contributed by atoms with Gasteiger partial charge < -0.3 is 5.32 Å². The van der Waals surface area contributed by atoms with Gasteiger partial charge in [-0.05, 0) is 26.3 Å². The van der Waals surface area contributed by atoms with E-state index in [2.05, 4.69) is 26.1 Å². The van der Waals surface area contributed by atoms with E-state index in [9.17, 15) is 0 Å². The van der Waals surface area contributed by atoms with Crippen LogP contribution in [0.3, 0.4) is 0 Å². The zero-order chi connectivity index (χ0) is 20.5. The summed E-state index contributed by atoms with van der Waals surface area (Å²) in [4.78, 5) is 0. The van der Waals surface area contributed by atoms with E-state index in [1.807, 2.05) is 0 Å². The summed E-state index contributed by atoms with van der Waals surface area (Å²) in [5, 5.41) is 3.71. The topological polar surface area (TPSA) is 12.0 Å². The predicted octanol–water partition coefficient (Wildman–Crippen LogP) is 9.59. The smallest absolute Gasteiger partial charge is 0.00387 e. The number of hydrogen-bond acceptors (Lipinski definition) is 1. The molecule has 0 spiro atoms. The van der Waals surface area contributed by atoms with Crippen LogP contribution in [0.1, 0.15) is 162 Å². The van der Waals surface area contributed by atoms with Crippen LogP contribution in [0.25, 0.3) is 0 Å². The Bertz CT molecular complexity index is 263. The standard InChI is InChI=1S/C27H57N/c1-4-6-8-10-11-12-13-14-15-16-17-18-19-20-21-22-24-26-28-27(3)25-23-9-7-5-2/h27-28H,4-26H2,1-3H3. The van der Waals surface area contributed by atoms with Crippen molar-refractivity contribution >= 4 is 0 Å². The van der Waals surface area contributed by atoms with Crippen molar-refractivity contribution in [3.63, 3.8) is 0 Å². The van der Waals surface area contributed by atoms with Crippen molar-refractivity contribution in [3.8, 4) is 0 Å². The Labute approximate surface area is 180 Å². The van der Waals surface area contributed by atoms with Gasteiger partial charge in [-0.25, -0.2) is 0 Å². The van der Waals surface area contributed by atoms with E-state index in [1.54, 1.807) is 0 Å². The van der Waals surface area contributed by atoms with E-state index in [1.165, 1.54) is 148 Å². The summed E-state index contributed by atoms with van der Waals surface area (Å²) < 4.78 is 0. The first-order valence-corrected chi connectivity index (χ1v) is 13.5. The minimum atomic E-state index is 0.720.